The molecule has 0 aliphatic heterocycles. The van der Waals surface area contributed by atoms with Crippen molar-refractivity contribution < 1.29 is 18.9 Å². The van der Waals surface area contributed by atoms with Crippen molar-refractivity contribution in [3.8, 4) is 50.3 Å². The van der Waals surface area contributed by atoms with Gasteiger partial charge in [0.05, 0.1) is 0 Å². The standard InChI is InChI=1S/C30H23O4P/c31-35(32,33)34-29-21-11-20-28(26-18-9-7-16-24(26)22-12-3-1-4-13-22)30(29)27-19-10-8-17-25(27)23-14-5-2-6-15-23/h1-21H,(H2,31,32,33). The lowest BCUT2D eigenvalue weighted by molar-refractivity contribution is 0.283. The van der Waals surface area contributed by atoms with Gasteiger partial charge in [0.15, 0.2) is 0 Å². The first-order chi connectivity index (χ1) is 17.0. The Labute approximate surface area is 204 Å². The molecule has 35 heavy (non-hydrogen) atoms. The summed E-state index contributed by atoms with van der Waals surface area (Å²) in [5.41, 5.74) is 7.20. The molecule has 0 amide bonds. The van der Waals surface area contributed by atoms with Gasteiger partial charge in [0.1, 0.15) is 5.75 Å². The molecular weight excluding hydrogens is 455 g/mol. The first-order valence-corrected chi connectivity index (χ1v) is 12.7. The van der Waals surface area contributed by atoms with E-state index in [1.165, 1.54) is 0 Å². The minimum absolute atomic E-state index is 0.127. The van der Waals surface area contributed by atoms with E-state index in [4.69, 9.17) is 4.52 Å². The normalized spacial score (nSPS) is 11.3. The van der Waals surface area contributed by atoms with Crippen molar-refractivity contribution in [1.29, 1.82) is 0 Å². The van der Waals surface area contributed by atoms with Gasteiger partial charge in [-0.3, -0.25) is 9.79 Å². The predicted octanol–water partition coefficient (Wildman–Crippen LogP) is 7.83. The van der Waals surface area contributed by atoms with Crippen molar-refractivity contribution in [3.63, 3.8) is 0 Å². The van der Waals surface area contributed by atoms with Gasteiger partial charge in [-0.1, -0.05) is 121 Å². The smallest absolute Gasteiger partial charge is 0.404 e. The van der Waals surface area contributed by atoms with Gasteiger partial charge >= 0.3 is 7.82 Å². The van der Waals surface area contributed by atoms with Gasteiger partial charge in [0, 0.05) is 5.56 Å². The third-order valence-electron chi connectivity index (χ3n) is 5.83. The molecule has 4 nitrogen and oxygen atoms in total. The second kappa shape index (κ2) is 9.73. The molecule has 0 aliphatic rings. The number of phosphoric acid groups is 1. The van der Waals surface area contributed by atoms with Gasteiger partial charge in [-0.05, 0) is 45.0 Å². The number of benzene rings is 5. The van der Waals surface area contributed by atoms with Crippen LogP contribution in [0.5, 0.6) is 5.75 Å². The molecule has 172 valence electrons. The summed E-state index contributed by atoms with van der Waals surface area (Å²) in [5, 5.41) is 0. The van der Waals surface area contributed by atoms with Crippen molar-refractivity contribution >= 4 is 7.82 Å². The third-order valence-corrected chi connectivity index (χ3v) is 6.26. The molecule has 0 spiro atoms. The van der Waals surface area contributed by atoms with Crippen molar-refractivity contribution in [3.05, 3.63) is 127 Å². The van der Waals surface area contributed by atoms with E-state index < -0.39 is 7.82 Å². The monoisotopic (exact) mass is 478 g/mol. The number of hydrogen-bond donors (Lipinski definition) is 2. The fraction of sp³-hybridized carbons (Fsp3) is 0. The average molecular weight is 478 g/mol. The highest BCUT2D eigenvalue weighted by Gasteiger charge is 2.24. The Kier molecular flexibility index (Phi) is 6.35. The van der Waals surface area contributed by atoms with Crippen LogP contribution in [0.2, 0.25) is 0 Å². The van der Waals surface area contributed by atoms with Crippen LogP contribution in [0.25, 0.3) is 44.5 Å². The lowest BCUT2D eigenvalue weighted by Crippen LogP contribution is -1.97. The van der Waals surface area contributed by atoms with Crippen molar-refractivity contribution in [1.82, 2.24) is 0 Å². The van der Waals surface area contributed by atoms with Gasteiger partial charge in [-0.15, -0.1) is 0 Å². The van der Waals surface area contributed by atoms with Crippen LogP contribution in [0.4, 0.5) is 0 Å². The SMILES string of the molecule is O=P(O)(O)Oc1cccc(-c2ccccc2-c2ccccc2)c1-c1ccccc1-c1ccccc1. The van der Waals surface area contributed by atoms with E-state index in [0.717, 1.165) is 38.9 Å². The molecule has 0 unspecified atom stereocenters. The second-order valence-electron chi connectivity index (χ2n) is 8.08. The van der Waals surface area contributed by atoms with Gasteiger partial charge in [0.2, 0.25) is 0 Å². The van der Waals surface area contributed by atoms with Gasteiger partial charge in [0.25, 0.3) is 0 Å². The zero-order chi connectivity index (χ0) is 24.3. The molecule has 0 atom stereocenters. The summed E-state index contributed by atoms with van der Waals surface area (Å²) in [5.74, 6) is 0.127. The second-order valence-corrected chi connectivity index (χ2v) is 9.25. The van der Waals surface area contributed by atoms with E-state index in [9.17, 15) is 14.4 Å². The zero-order valence-corrected chi connectivity index (χ0v) is 19.7. The fourth-order valence-electron chi connectivity index (χ4n) is 4.40. The van der Waals surface area contributed by atoms with Crippen LogP contribution in [0, 0.1) is 0 Å². The first kappa shape index (κ1) is 22.8. The Hall–Kier alpha value is -3.95. The molecule has 0 fully saturated rings. The van der Waals surface area contributed by atoms with Crippen LogP contribution in [0.1, 0.15) is 0 Å². The lowest BCUT2D eigenvalue weighted by Gasteiger charge is -2.20. The summed E-state index contributed by atoms with van der Waals surface area (Å²) >= 11 is 0. The predicted molar refractivity (Wildman–Crippen MR) is 141 cm³/mol. The third kappa shape index (κ3) is 4.96. The molecule has 5 aromatic rings. The average Bonchev–Trinajstić information content (AvgIpc) is 2.89. The Balaban J connectivity index is 1.82. The maximum absolute atomic E-state index is 11.9. The van der Waals surface area contributed by atoms with E-state index in [-0.39, 0.29) is 5.75 Å². The minimum atomic E-state index is -4.80. The Morgan fingerprint density at radius 2 is 0.886 bits per heavy atom. The van der Waals surface area contributed by atoms with Crippen LogP contribution < -0.4 is 4.52 Å². The molecule has 5 heteroatoms. The summed E-state index contributed by atoms with van der Waals surface area (Å²) in [7, 11) is -4.80. The largest absolute Gasteiger partial charge is 0.524 e. The molecule has 0 aliphatic carbocycles. The topological polar surface area (TPSA) is 66.8 Å². The number of hydrogen-bond acceptors (Lipinski definition) is 2. The van der Waals surface area contributed by atoms with Crippen molar-refractivity contribution in [2.24, 2.45) is 0 Å². The summed E-state index contributed by atoms with van der Waals surface area (Å²) in [6.07, 6.45) is 0. The van der Waals surface area contributed by atoms with E-state index >= 15 is 0 Å². The molecule has 5 aromatic carbocycles. The van der Waals surface area contributed by atoms with E-state index in [0.29, 0.717) is 5.56 Å². The molecule has 5 rings (SSSR count). The molecule has 0 heterocycles. The van der Waals surface area contributed by atoms with Crippen molar-refractivity contribution in [2.45, 2.75) is 0 Å². The summed E-state index contributed by atoms with van der Waals surface area (Å²) in [4.78, 5) is 19.4. The molecular formula is C30H23O4P. The lowest BCUT2D eigenvalue weighted by atomic mass is 9.86. The van der Waals surface area contributed by atoms with Crippen LogP contribution in [0.15, 0.2) is 127 Å². The fourth-order valence-corrected chi connectivity index (χ4v) is 4.80. The molecule has 0 radical (unpaired) electrons. The van der Waals surface area contributed by atoms with Crippen LogP contribution in [-0.4, -0.2) is 9.79 Å². The molecule has 2 N–H and O–H groups in total. The van der Waals surface area contributed by atoms with Crippen LogP contribution in [0.3, 0.4) is 0 Å². The van der Waals surface area contributed by atoms with Gasteiger partial charge in [-0.2, -0.15) is 0 Å². The Morgan fingerprint density at radius 1 is 0.457 bits per heavy atom. The molecule has 0 saturated heterocycles. The maximum Gasteiger partial charge on any atom is 0.524 e. The zero-order valence-electron chi connectivity index (χ0n) is 18.8. The van der Waals surface area contributed by atoms with E-state index in [1.807, 2.05) is 115 Å². The highest BCUT2D eigenvalue weighted by Crippen LogP contribution is 2.49. The highest BCUT2D eigenvalue weighted by molar-refractivity contribution is 7.46. The minimum Gasteiger partial charge on any atom is -0.404 e. The van der Waals surface area contributed by atoms with Crippen molar-refractivity contribution in [2.75, 3.05) is 0 Å². The highest BCUT2D eigenvalue weighted by atomic mass is 31.2. The molecule has 0 saturated carbocycles. The maximum atomic E-state index is 11.9. The Bertz CT molecular complexity index is 1510. The van der Waals surface area contributed by atoms with Gasteiger partial charge < -0.3 is 4.52 Å². The van der Waals surface area contributed by atoms with E-state index in [1.54, 1.807) is 12.1 Å². The summed E-state index contributed by atoms with van der Waals surface area (Å²) < 4.78 is 17.2. The summed E-state index contributed by atoms with van der Waals surface area (Å²) in [6.45, 7) is 0. The van der Waals surface area contributed by atoms with Crippen LogP contribution in [-0.2, 0) is 4.57 Å². The number of phosphoric ester groups is 1. The van der Waals surface area contributed by atoms with Crippen LogP contribution >= 0.6 is 7.82 Å². The quantitative estimate of drug-likeness (QED) is 0.244. The van der Waals surface area contributed by atoms with E-state index in [2.05, 4.69) is 0 Å². The number of rotatable bonds is 6. The molecule has 0 bridgehead atoms. The summed E-state index contributed by atoms with van der Waals surface area (Å²) in [6, 6.07) is 41.2. The molecule has 0 aromatic heterocycles. The Morgan fingerprint density at radius 3 is 1.43 bits per heavy atom. The first-order valence-electron chi connectivity index (χ1n) is 11.2. The van der Waals surface area contributed by atoms with Gasteiger partial charge in [-0.25, -0.2) is 4.57 Å².